The first kappa shape index (κ1) is 23.4. The summed E-state index contributed by atoms with van der Waals surface area (Å²) in [7, 11) is 0. The highest BCUT2D eigenvalue weighted by Gasteiger charge is 2.33. The molecule has 0 spiro atoms. The van der Waals surface area contributed by atoms with Crippen LogP contribution in [0.3, 0.4) is 0 Å². The van der Waals surface area contributed by atoms with E-state index in [0.717, 1.165) is 0 Å². The zero-order chi connectivity index (χ0) is 21.1. The Kier molecular flexibility index (Phi) is 10.0. The number of Topliss-reactive ketones (excluding diaryl/α,β-unsaturated/α-hetero) is 2. The first-order valence-corrected chi connectivity index (χ1v) is 9.33. The molecule has 1 atom stereocenters. The van der Waals surface area contributed by atoms with E-state index < -0.39 is 36.2 Å². The van der Waals surface area contributed by atoms with E-state index in [1.807, 2.05) is 0 Å². The third-order valence-electron chi connectivity index (χ3n) is 4.08. The zero-order valence-corrected chi connectivity index (χ0v) is 16.2. The molecule has 1 heterocycles. The Balaban J connectivity index is 2.23. The fourth-order valence-electron chi connectivity index (χ4n) is 2.58. The molecule has 156 valence electrons. The van der Waals surface area contributed by atoms with Gasteiger partial charge in [0.25, 0.3) is 11.8 Å². The number of carbonyl (C=O) groups excluding carboxylic acids is 6. The average Bonchev–Trinajstić information content (AvgIpc) is 2.94. The second-order valence-electron chi connectivity index (χ2n) is 6.52. The number of unbranched alkanes of at least 4 members (excludes halogenated alkanes) is 1. The van der Waals surface area contributed by atoms with Crippen molar-refractivity contribution in [2.45, 2.75) is 64.8 Å². The lowest BCUT2D eigenvalue weighted by Crippen LogP contribution is -2.39. The number of imide groups is 1. The lowest BCUT2D eigenvalue weighted by molar-refractivity contribution is -0.197. The molecule has 10 heteroatoms. The number of hydrogen-bond acceptors (Lipinski definition) is 8. The number of rotatable bonds is 13. The molecule has 1 unspecified atom stereocenters. The molecule has 0 bridgehead atoms. The van der Waals surface area contributed by atoms with Gasteiger partial charge in [-0.1, -0.05) is 6.92 Å². The van der Waals surface area contributed by atoms with Crippen LogP contribution in [0.1, 0.15) is 58.8 Å². The van der Waals surface area contributed by atoms with Gasteiger partial charge >= 0.3 is 5.97 Å². The zero-order valence-electron chi connectivity index (χ0n) is 16.2. The number of nitrogens with one attached hydrogen (secondary N) is 2. The van der Waals surface area contributed by atoms with Crippen LogP contribution in [0.5, 0.6) is 0 Å². The topological polar surface area (TPSA) is 139 Å². The van der Waals surface area contributed by atoms with Gasteiger partial charge in [0, 0.05) is 25.8 Å². The number of carbonyl (C=O) groups is 6. The van der Waals surface area contributed by atoms with Gasteiger partial charge in [-0.05, 0) is 26.2 Å². The van der Waals surface area contributed by atoms with Gasteiger partial charge in [0.2, 0.25) is 5.91 Å². The van der Waals surface area contributed by atoms with Crippen LogP contribution in [0, 0.1) is 0 Å². The van der Waals surface area contributed by atoms with Crippen molar-refractivity contribution >= 4 is 35.3 Å². The van der Waals surface area contributed by atoms with Crippen molar-refractivity contribution in [3.05, 3.63) is 0 Å². The largest absolute Gasteiger partial charge is 0.356 e. The van der Waals surface area contributed by atoms with Crippen LogP contribution in [-0.4, -0.2) is 59.5 Å². The highest BCUT2D eigenvalue weighted by molar-refractivity contribution is 6.02. The molecule has 1 fully saturated rings. The Morgan fingerprint density at radius 2 is 1.75 bits per heavy atom. The molecular weight excluding hydrogens is 370 g/mol. The smallest absolute Gasteiger partial charge is 0.342 e. The Hall–Kier alpha value is -2.62. The Morgan fingerprint density at radius 1 is 1.11 bits per heavy atom. The van der Waals surface area contributed by atoms with Crippen LogP contribution in [-0.2, 0) is 33.6 Å². The van der Waals surface area contributed by atoms with E-state index in [0.29, 0.717) is 37.3 Å². The van der Waals surface area contributed by atoms with E-state index in [1.165, 1.54) is 6.92 Å². The van der Waals surface area contributed by atoms with Gasteiger partial charge in [0.05, 0.1) is 12.6 Å². The summed E-state index contributed by atoms with van der Waals surface area (Å²) in [6.07, 6.45) is 1.51. The second-order valence-corrected chi connectivity index (χ2v) is 6.52. The van der Waals surface area contributed by atoms with Crippen LogP contribution < -0.4 is 10.6 Å². The molecule has 0 radical (unpaired) electrons. The lowest BCUT2D eigenvalue weighted by Gasteiger charge is -2.16. The van der Waals surface area contributed by atoms with E-state index in [2.05, 4.69) is 15.5 Å². The Labute approximate surface area is 163 Å². The van der Waals surface area contributed by atoms with E-state index in [9.17, 15) is 28.8 Å². The molecule has 1 aliphatic heterocycles. The Morgan fingerprint density at radius 3 is 2.32 bits per heavy atom. The van der Waals surface area contributed by atoms with Crippen LogP contribution >= 0.6 is 0 Å². The van der Waals surface area contributed by atoms with Crippen molar-refractivity contribution < 1.29 is 33.6 Å². The summed E-state index contributed by atoms with van der Waals surface area (Å²) in [5, 5.41) is 5.87. The molecule has 3 amide bonds. The van der Waals surface area contributed by atoms with Gasteiger partial charge in [-0.25, -0.2) is 4.79 Å². The molecule has 0 aromatic heterocycles. The van der Waals surface area contributed by atoms with Crippen molar-refractivity contribution in [2.24, 2.45) is 0 Å². The van der Waals surface area contributed by atoms with Crippen molar-refractivity contribution in [1.29, 1.82) is 0 Å². The molecule has 1 saturated heterocycles. The van der Waals surface area contributed by atoms with Crippen molar-refractivity contribution in [2.75, 3.05) is 13.1 Å². The minimum absolute atomic E-state index is 0.0128. The van der Waals surface area contributed by atoms with Crippen LogP contribution in [0.25, 0.3) is 0 Å². The number of nitrogens with zero attached hydrogens (tertiary/aromatic N) is 1. The molecular formula is C18H27N3O7. The third-order valence-corrected chi connectivity index (χ3v) is 4.08. The summed E-state index contributed by atoms with van der Waals surface area (Å²) >= 11 is 0. The SMILES string of the molecule is CCC(=O)C(CCCCNC(=O)CC(=O)ON1C(=O)CCC1=O)NCC(C)=O. The average molecular weight is 397 g/mol. The molecule has 0 aromatic carbocycles. The standard InChI is InChI=1S/C18H27N3O7/c1-3-14(23)13(20-11-12(2)22)6-4-5-9-19-15(24)10-18(27)28-21-16(25)7-8-17(21)26/h13,20H,3-11H2,1-2H3,(H,19,24). The maximum atomic E-state index is 11.9. The van der Waals surface area contributed by atoms with Crippen molar-refractivity contribution in [1.82, 2.24) is 15.7 Å². The molecule has 1 aliphatic rings. The molecule has 28 heavy (non-hydrogen) atoms. The van der Waals surface area contributed by atoms with Crippen LogP contribution in [0.15, 0.2) is 0 Å². The van der Waals surface area contributed by atoms with Gasteiger partial charge in [-0.3, -0.25) is 24.0 Å². The minimum Gasteiger partial charge on any atom is -0.356 e. The van der Waals surface area contributed by atoms with Crippen LogP contribution in [0.2, 0.25) is 0 Å². The highest BCUT2D eigenvalue weighted by atomic mass is 16.7. The molecule has 10 nitrogen and oxygen atoms in total. The maximum absolute atomic E-state index is 11.9. The predicted octanol–water partition coefficient (Wildman–Crippen LogP) is -0.203. The van der Waals surface area contributed by atoms with Gasteiger partial charge in [-0.2, -0.15) is 0 Å². The summed E-state index contributed by atoms with van der Waals surface area (Å²) in [6.45, 7) is 3.63. The summed E-state index contributed by atoms with van der Waals surface area (Å²) in [5.74, 6) is -2.80. The molecule has 2 N–H and O–H groups in total. The Bertz CT molecular complexity index is 617. The number of amides is 3. The second kappa shape index (κ2) is 12.0. The van der Waals surface area contributed by atoms with E-state index in [1.54, 1.807) is 6.92 Å². The normalized spacial score (nSPS) is 14.7. The third kappa shape index (κ3) is 8.38. The van der Waals surface area contributed by atoms with Gasteiger partial charge in [0.15, 0.2) is 0 Å². The first-order chi connectivity index (χ1) is 13.2. The lowest BCUT2D eigenvalue weighted by atomic mass is 10.0. The van der Waals surface area contributed by atoms with E-state index >= 15 is 0 Å². The molecule has 1 rings (SSSR count). The van der Waals surface area contributed by atoms with Gasteiger partial charge in [0.1, 0.15) is 18.0 Å². The fourth-order valence-corrected chi connectivity index (χ4v) is 2.58. The van der Waals surface area contributed by atoms with E-state index in [-0.39, 0.29) is 31.0 Å². The summed E-state index contributed by atoms with van der Waals surface area (Å²) in [5.41, 5.74) is 0. The minimum atomic E-state index is -0.983. The summed E-state index contributed by atoms with van der Waals surface area (Å²) in [6, 6.07) is -0.393. The molecule has 0 aromatic rings. The van der Waals surface area contributed by atoms with Gasteiger partial charge < -0.3 is 15.5 Å². The predicted molar refractivity (Wildman–Crippen MR) is 96.4 cm³/mol. The number of ketones is 2. The highest BCUT2D eigenvalue weighted by Crippen LogP contribution is 2.12. The van der Waals surface area contributed by atoms with Crippen LogP contribution in [0.4, 0.5) is 0 Å². The first-order valence-electron chi connectivity index (χ1n) is 9.33. The molecule has 0 saturated carbocycles. The summed E-state index contributed by atoms with van der Waals surface area (Å²) in [4.78, 5) is 73.5. The quantitative estimate of drug-likeness (QED) is 0.247. The molecule has 0 aliphatic carbocycles. The van der Waals surface area contributed by atoms with E-state index in [4.69, 9.17) is 0 Å². The van der Waals surface area contributed by atoms with Crippen molar-refractivity contribution in [3.63, 3.8) is 0 Å². The fraction of sp³-hybridized carbons (Fsp3) is 0.667. The number of hydroxylamine groups is 2. The maximum Gasteiger partial charge on any atom is 0.342 e. The van der Waals surface area contributed by atoms with Crippen molar-refractivity contribution in [3.8, 4) is 0 Å². The van der Waals surface area contributed by atoms with Gasteiger partial charge in [-0.15, -0.1) is 5.06 Å². The number of hydrogen-bond donors (Lipinski definition) is 2. The summed E-state index contributed by atoms with van der Waals surface area (Å²) < 4.78 is 0. The monoisotopic (exact) mass is 397 g/mol.